The molecule has 1 aromatic carbocycles. The maximum Gasteiger partial charge on any atom is 0.261 e. The highest BCUT2D eigenvalue weighted by atomic mass is 19.1. The van der Waals surface area contributed by atoms with E-state index in [1.807, 2.05) is 0 Å². The molecule has 4 rings (SSSR count). The molecule has 0 bridgehead atoms. The summed E-state index contributed by atoms with van der Waals surface area (Å²) in [6.45, 7) is 8.89. The third-order valence-electron chi connectivity index (χ3n) is 5.35. The maximum absolute atomic E-state index is 14.9. The number of allylic oxidation sites excluding steroid dienone is 1. The number of hydrogen-bond acceptors (Lipinski definition) is 7. The Kier molecular flexibility index (Phi) is 6.33. The molecule has 0 atom stereocenters. The molecule has 0 unspecified atom stereocenters. The van der Waals surface area contributed by atoms with E-state index in [0.29, 0.717) is 45.1 Å². The molecule has 3 heterocycles. The van der Waals surface area contributed by atoms with Crippen molar-refractivity contribution in [2.45, 2.75) is 20.8 Å². The number of aromatic nitrogens is 3. The zero-order valence-corrected chi connectivity index (χ0v) is 19.6. The van der Waals surface area contributed by atoms with Crippen LogP contribution >= 0.6 is 0 Å². The molecule has 0 aliphatic carbocycles. The van der Waals surface area contributed by atoms with E-state index >= 15 is 0 Å². The molecule has 0 radical (unpaired) electrons. The number of anilines is 1. The van der Waals surface area contributed by atoms with E-state index in [2.05, 4.69) is 26.8 Å². The number of amides is 1. The summed E-state index contributed by atoms with van der Waals surface area (Å²) in [6, 6.07) is 7.28. The number of pyridine rings is 3. The summed E-state index contributed by atoms with van der Waals surface area (Å²) in [7, 11) is 1.52. The topological polar surface area (TPSA) is 106 Å². The van der Waals surface area contributed by atoms with E-state index in [4.69, 9.17) is 9.47 Å². The molecule has 9 heteroatoms. The number of benzene rings is 1. The largest absolute Gasteiger partial charge is 0.506 e. The first-order chi connectivity index (χ1) is 16.7. The van der Waals surface area contributed by atoms with E-state index in [-0.39, 0.29) is 22.7 Å². The van der Waals surface area contributed by atoms with Crippen LogP contribution in [0.3, 0.4) is 0 Å². The predicted octanol–water partition coefficient (Wildman–Crippen LogP) is 5.57. The van der Waals surface area contributed by atoms with Crippen LogP contribution < -0.4 is 14.8 Å². The number of aromatic hydroxyl groups is 1. The van der Waals surface area contributed by atoms with Gasteiger partial charge in [-0.2, -0.15) is 0 Å². The van der Waals surface area contributed by atoms with Crippen molar-refractivity contribution in [3.05, 3.63) is 77.6 Å². The Morgan fingerprint density at radius 3 is 2.51 bits per heavy atom. The second-order valence-corrected chi connectivity index (χ2v) is 7.91. The van der Waals surface area contributed by atoms with E-state index in [9.17, 15) is 14.3 Å². The highest BCUT2D eigenvalue weighted by molar-refractivity contribution is 6.07. The molecule has 2 N–H and O–H groups in total. The fraction of sp³-hybridized carbons (Fsp3) is 0.154. The van der Waals surface area contributed by atoms with Crippen LogP contribution in [0, 0.1) is 19.7 Å². The van der Waals surface area contributed by atoms with Crippen molar-refractivity contribution in [3.63, 3.8) is 0 Å². The predicted molar refractivity (Wildman–Crippen MR) is 131 cm³/mol. The molecule has 0 aliphatic rings. The molecule has 3 aromatic heterocycles. The van der Waals surface area contributed by atoms with Gasteiger partial charge >= 0.3 is 0 Å². The minimum Gasteiger partial charge on any atom is -0.506 e. The summed E-state index contributed by atoms with van der Waals surface area (Å²) in [6.07, 6.45) is 3.04. The maximum atomic E-state index is 14.9. The molecular weight excluding hydrogens is 451 g/mol. The number of nitrogens with zero attached hydrogens (tertiary/aromatic N) is 3. The molecule has 0 spiro atoms. The van der Waals surface area contributed by atoms with Gasteiger partial charge in [-0.15, -0.1) is 0 Å². The number of halogens is 1. The second kappa shape index (κ2) is 9.38. The summed E-state index contributed by atoms with van der Waals surface area (Å²) in [5.41, 5.74) is 3.04. The summed E-state index contributed by atoms with van der Waals surface area (Å²) in [5, 5.41) is 13.3. The van der Waals surface area contributed by atoms with Gasteiger partial charge in [-0.05, 0) is 38.5 Å². The minimum atomic E-state index is -0.702. The zero-order chi connectivity index (χ0) is 25.3. The van der Waals surface area contributed by atoms with Gasteiger partial charge in [-0.25, -0.2) is 9.37 Å². The molecule has 0 aliphatic heterocycles. The van der Waals surface area contributed by atoms with Crippen LogP contribution in [-0.2, 0) is 0 Å². The molecule has 1 amide bonds. The van der Waals surface area contributed by atoms with Crippen molar-refractivity contribution < 1.29 is 23.8 Å². The van der Waals surface area contributed by atoms with E-state index in [1.165, 1.54) is 31.6 Å². The average Bonchev–Trinajstić information content (AvgIpc) is 2.80. The first kappa shape index (κ1) is 23.6. The fourth-order valence-corrected chi connectivity index (χ4v) is 3.77. The third-order valence-corrected chi connectivity index (χ3v) is 5.35. The number of aryl methyl sites for hydroxylation is 2. The highest BCUT2D eigenvalue weighted by Gasteiger charge is 2.22. The number of methoxy groups -OCH3 is 1. The number of carbonyl (C=O) groups is 1. The van der Waals surface area contributed by atoms with Crippen molar-refractivity contribution >= 4 is 28.2 Å². The van der Waals surface area contributed by atoms with Gasteiger partial charge < -0.3 is 19.9 Å². The smallest absolute Gasteiger partial charge is 0.261 e. The van der Waals surface area contributed by atoms with Gasteiger partial charge in [0.15, 0.2) is 17.3 Å². The van der Waals surface area contributed by atoms with Gasteiger partial charge in [-0.3, -0.25) is 14.8 Å². The van der Waals surface area contributed by atoms with E-state index in [0.717, 1.165) is 6.07 Å². The minimum absolute atomic E-state index is 0.000840. The van der Waals surface area contributed by atoms with Crippen LogP contribution in [0.5, 0.6) is 23.0 Å². The van der Waals surface area contributed by atoms with Crippen LogP contribution in [0.1, 0.15) is 34.2 Å². The van der Waals surface area contributed by atoms with E-state index in [1.54, 1.807) is 32.9 Å². The molecule has 0 saturated heterocycles. The fourth-order valence-electron chi connectivity index (χ4n) is 3.77. The quantitative estimate of drug-likeness (QED) is 0.376. The van der Waals surface area contributed by atoms with Gasteiger partial charge in [0.05, 0.1) is 24.5 Å². The van der Waals surface area contributed by atoms with Gasteiger partial charge in [0.2, 0.25) is 0 Å². The van der Waals surface area contributed by atoms with Crippen molar-refractivity contribution in [2.75, 3.05) is 12.4 Å². The Hall–Kier alpha value is -4.53. The van der Waals surface area contributed by atoms with Crippen LogP contribution in [0.2, 0.25) is 0 Å². The van der Waals surface area contributed by atoms with Crippen LogP contribution in [0.4, 0.5) is 10.1 Å². The lowest BCUT2D eigenvalue weighted by Crippen LogP contribution is -2.16. The normalized spacial score (nSPS) is 10.8. The van der Waals surface area contributed by atoms with Crippen molar-refractivity contribution in [1.29, 1.82) is 0 Å². The number of nitrogens with one attached hydrogen (secondary N) is 1. The van der Waals surface area contributed by atoms with Crippen molar-refractivity contribution in [1.82, 2.24) is 15.0 Å². The third kappa shape index (κ3) is 4.61. The number of fused-ring (bicyclic) bond motifs is 1. The Labute approximate surface area is 201 Å². The molecule has 178 valence electrons. The lowest BCUT2D eigenvalue weighted by Gasteiger charge is -2.15. The van der Waals surface area contributed by atoms with Crippen molar-refractivity contribution in [2.24, 2.45) is 0 Å². The Balaban J connectivity index is 1.59. The SMILES string of the molecule is C=C(C)c1c(C)nc(C)c(C(=O)Nc2ccc(Oc3ccnc4cc(OC)cnc34)c(F)c2)c1O. The summed E-state index contributed by atoms with van der Waals surface area (Å²) >= 11 is 0. The summed E-state index contributed by atoms with van der Waals surface area (Å²) < 4.78 is 25.8. The number of hydrogen-bond donors (Lipinski definition) is 2. The first-order valence-corrected chi connectivity index (χ1v) is 10.6. The van der Waals surface area contributed by atoms with Crippen LogP contribution in [0.25, 0.3) is 16.6 Å². The second-order valence-electron chi connectivity index (χ2n) is 7.91. The Morgan fingerprint density at radius 1 is 1.09 bits per heavy atom. The summed E-state index contributed by atoms with van der Waals surface area (Å²) in [4.78, 5) is 25.8. The molecule has 4 aromatic rings. The van der Waals surface area contributed by atoms with Gasteiger partial charge in [0.1, 0.15) is 22.6 Å². The summed E-state index contributed by atoms with van der Waals surface area (Å²) in [5.74, 6) is -0.753. The molecule has 0 saturated carbocycles. The van der Waals surface area contributed by atoms with Gasteiger partial charge in [0.25, 0.3) is 5.91 Å². The monoisotopic (exact) mass is 474 g/mol. The van der Waals surface area contributed by atoms with Crippen LogP contribution in [-0.4, -0.2) is 33.1 Å². The van der Waals surface area contributed by atoms with Crippen molar-refractivity contribution in [3.8, 4) is 23.0 Å². The zero-order valence-electron chi connectivity index (χ0n) is 19.6. The molecule has 8 nitrogen and oxygen atoms in total. The molecule has 35 heavy (non-hydrogen) atoms. The van der Waals surface area contributed by atoms with Gasteiger partial charge in [-0.1, -0.05) is 6.58 Å². The lowest BCUT2D eigenvalue weighted by atomic mass is 10.0. The molecule has 0 fully saturated rings. The highest BCUT2D eigenvalue weighted by Crippen LogP contribution is 2.34. The number of carbonyl (C=O) groups excluding carboxylic acids is 1. The Bertz CT molecular complexity index is 1490. The average molecular weight is 474 g/mol. The molecular formula is C26H23FN4O4. The number of rotatable bonds is 6. The standard InChI is InChI=1S/C26H23FN4O4/c1-13(2)22-14(3)30-15(4)23(25(22)32)26(33)31-16-6-7-20(18(27)10-16)35-21-8-9-28-19-11-17(34-5)12-29-24(19)21/h6-12H,1H2,2-5H3,(H,30,32)(H,31,33). The Morgan fingerprint density at radius 2 is 1.83 bits per heavy atom. The van der Waals surface area contributed by atoms with Gasteiger partial charge in [0, 0.05) is 41.3 Å². The van der Waals surface area contributed by atoms with Crippen LogP contribution in [0.15, 0.2) is 49.3 Å². The first-order valence-electron chi connectivity index (χ1n) is 10.6. The lowest BCUT2D eigenvalue weighted by molar-refractivity contribution is 0.102. The number of ether oxygens (including phenoxy) is 2. The van der Waals surface area contributed by atoms with E-state index < -0.39 is 11.7 Å².